The quantitative estimate of drug-likeness (QED) is 0.425. The van der Waals surface area contributed by atoms with E-state index >= 15 is 0 Å². The SMILES string of the molecule is CNC(=O)OCCOC(=O)NCc1ccc2c(c1)n(C)c(=O)n2C1CCC(=O)NC1=O. The highest BCUT2D eigenvalue weighted by Crippen LogP contribution is 2.23. The standard InChI is InChI=1S/C19H23N5O7/c1-20-17(27)30-7-8-31-18(28)21-10-11-3-4-12-14(9-11)23(2)19(29)24(12)13-5-6-15(25)22-16(13)26/h3-4,9,13H,5-8,10H2,1-2H3,(H,20,27)(H,21,28)(H,22,25,26). The summed E-state index contributed by atoms with van der Waals surface area (Å²) in [6, 6.07) is 4.39. The number of imidazole rings is 1. The predicted octanol–water partition coefficient (Wildman–Crippen LogP) is -0.100. The molecule has 1 fully saturated rings. The first-order chi connectivity index (χ1) is 14.8. The number of aromatic nitrogens is 2. The van der Waals surface area contributed by atoms with E-state index in [0.29, 0.717) is 16.6 Å². The van der Waals surface area contributed by atoms with Crippen LogP contribution >= 0.6 is 0 Å². The van der Waals surface area contributed by atoms with Gasteiger partial charge in [0.25, 0.3) is 0 Å². The Kier molecular flexibility index (Phi) is 6.58. The van der Waals surface area contributed by atoms with Crippen LogP contribution in [0.1, 0.15) is 24.4 Å². The molecule has 166 valence electrons. The molecular formula is C19H23N5O7. The largest absolute Gasteiger partial charge is 0.446 e. The van der Waals surface area contributed by atoms with Crippen molar-refractivity contribution in [2.24, 2.45) is 7.05 Å². The van der Waals surface area contributed by atoms with E-state index in [4.69, 9.17) is 9.47 Å². The average Bonchev–Trinajstić information content (AvgIpc) is 2.99. The molecule has 1 aliphatic heterocycles. The lowest BCUT2D eigenvalue weighted by molar-refractivity contribution is -0.135. The number of piperidine rings is 1. The lowest BCUT2D eigenvalue weighted by atomic mass is 10.1. The number of carbonyl (C=O) groups is 4. The fraction of sp³-hybridized carbons (Fsp3) is 0.421. The van der Waals surface area contributed by atoms with E-state index in [2.05, 4.69) is 16.0 Å². The highest BCUT2D eigenvalue weighted by molar-refractivity contribution is 6.00. The van der Waals surface area contributed by atoms with Crippen LogP contribution in [0.15, 0.2) is 23.0 Å². The lowest BCUT2D eigenvalue weighted by Crippen LogP contribution is -2.44. The summed E-state index contributed by atoms with van der Waals surface area (Å²) in [5.41, 5.74) is 1.48. The molecule has 0 aliphatic carbocycles. The lowest BCUT2D eigenvalue weighted by Gasteiger charge is -2.21. The number of rotatable bonds is 6. The van der Waals surface area contributed by atoms with Gasteiger partial charge in [0, 0.05) is 27.1 Å². The van der Waals surface area contributed by atoms with Gasteiger partial charge in [-0.15, -0.1) is 0 Å². The number of carbonyl (C=O) groups excluding carboxylic acids is 4. The van der Waals surface area contributed by atoms with E-state index in [9.17, 15) is 24.0 Å². The topological polar surface area (TPSA) is 150 Å². The molecule has 3 N–H and O–H groups in total. The summed E-state index contributed by atoms with van der Waals surface area (Å²) in [6.07, 6.45) is -0.886. The molecule has 0 radical (unpaired) electrons. The van der Waals surface area contributed by atoms with Crippen molar-refractivity contribution in [2.45, 2.75) is 25.4 Å². The Bertz CT molecular complexity index is 1090. The maximum Gasteiger partial charge on any atom is 0.407 e. The smallest absolute Gasteiger partial charge is 0.407 e. The van der Waals surface area contributed by atoms with Crippen LogP contribution < -0.4 is 21.6 Å². The fourth-order valence-corrected chi connectivity index (χ4v) is 3.31. The van der Waals surface area contributed by atoms with Crippen molar-refractivity contribution in [3.05, 3.63) is 34.2 Å². The Morgan fingerprint density at radius 3 is 2.52 bits per heavy atom. The van der Waals surface area contributed by atoms with E-state index < -0.39 is 24.1 Å². The molecule has 12 heteroatoms. The highest BCUT2D eigenvalue weighted by Gasteiger charge is 2.31. The molecule has 1 aromatic carbocycles. The molecular weight excluding hydrogens is 410 g/mol. The second-order valence-corrected chi connectivity index (χ2v) is 6.88. The van der Waals surface area contributed by atoms with Crippen molar-refractivity contribution in [2.75, 3.05) is 20.3 Å². The summed E-state index contributed by atoms with van der Waals surface area (Å²) in [4.78, 5) is 59.0. The minimum absolute atomic E-state index is 0.0744. The minimum Gasteiger partial charge on any atom is -0.446 e. The molecule has 3 rings (SSSR count). The first-order valence-electron chi connectivity index (χ1n) is 9.60. The molecule has 0 bridgehead atoms. The molecule has 2 heterocycles. The summed E-state index contributed by atoms with van der Waals surface area (Å²) in [7, 11) is 3.01. The van der Waals surface area contributed by atoms with Crippen molar-refractivity contribution in [1.29, 1.82) is 0 Å². The van der Waals surface area contributed by atoms with E-state index in [-0.39, 0.29) is 44.2 Å². The van der Waals surface area contributed by atoms with Crippen molar-refractivity contribution in [3.8, 4) is 0 Å². The Morgan fingerprint density at radius 2 is 1.84 bits per heavy atom. The van der Waals surface area contributed by atoms with Crippen LogP contribution in [-0.4, -0.2) is 53.4 Å². The Balaban J connectivity index is 1.67. The second-order valence-electron chi connectivity index (χ2n) is 6.88. The number of fused-ring (bicyclic) bond motifs is 1. The van der Waals surface area contributed by atoms with Crippen molar-refractivity contribution in [3.63, 3.8) is 0 Å². The zero-order valence-corrected chi connectivity index (χ0v) is 17.1. The molecule has 1 atom stereocenters. The first-order valence-corrected chi connectivity index (χ1v) is 9.60. The van der Waals surface area contributed by atoms with Gasteiger partial charge in [-0.1, -0.05) is 6.07 Å². The Labute approximate surface area is 176 Å². The summed E-state index contributed by atoms with van der Waals surface area (Å²) in [5, 5.41) is 7.10. The zero-order valence-electron chi connectivity index (χ0n) is 17.1. The van der Waals surface area contributed by atoms with Crippen molar-refractivity contribution >= 4 is 35.0 Å². The first kappa shape index (κ1) is 21.9. The molecule has 1 unspecified atom stereocenters. The summed E-state index contributed by atoms with van der Waals surface area (Å²) in [6.45, 7) is -0.0283. The molecule has 1 aromatic heterocycles. The number of hydrogen-bond donors (Lipinski definition) is 3. The summed E-state index contributed by atoms with van der Waals surface area (Å²) >= 11 is 0. The summed E-state index contributed by atoms with van der Waals surface area (Å²) in [5.74, 6) is -0.852. The van der Waals surface area contributed by atoms with E-state index in [1.807, 2.05) is 0 Å². The number of aryl methyl sites for hydroxylation is 1. The third-order valence-corrected chi connectivity index (χ3v) is 4.87. The number of amides is 4. The van der Waals surface area contributed by atoms with Gasteiger partial charge in [0.1, 0.15) is 19.3 Å². The van der Waals surface area contributed by atoms with Gasteiger partial charge < -0.3 is 20.1 Å². The molecule has 31 heavy (non-hydrogen) atoms. The third kappa shape index (κ3) is 4.85. The average molecular weight is 433 g/mol. The van der Waals surface area contributed by atoms with Crippen LogP contribution in [0.3, 0.4) is 0 Å². The van der Waals surface area contributed by atoms with Crippen molar-refractivity contribution in [1.82, 2.24) is 25.1 Å². The number of hydrogen-bond acceptors (Lipinski definition) is 7. The van der Waals surface area contributed by atoms with Gasteiger partial charge in [0.2, 0.25) is 11.8 Å². The molecule has 1 aliphatic rings. The number of alkyl carbamates (subject to hydrolysis) is 2. The van der Waals surface area contributed by atoms with Gasteiger partial charge in [-0.2, -0.15) is 0 Å². The number of nitrogens with zero attached hydrogens (tertiary/aromatic N) is 2. The van der Waals surface area contributed by atoms with Gasteiger partial charge in [-0.3, -0.25) is 24.0 Å². The normalized spacial score (nSPS) is 16.0. The minimum atomic E-state index is -0.759. The van der Waals surface area contributed by atoms with Crippen LogP contribution in [0, 0.1) is 0 Å². The maximum atomic E-state index is 12.7. The molecule has 12 nitrogen and oxygen atoms in total. The third-order valence-electron chi connectivity index (χ3n) is 4.87. The fourth-order valence-electron chi connectivity index (χ4n) is 3.31. The van der Waals surface area contributed by atoms with Gasteiger partial charge in [-0.05, 0) is 24.1 Å². The monoisotopic (exact) mass is 433 g/mol. The van der Waals surface area contributed by atoms with Crippen LogP contribution in [-0.2, 0) is 32.7 Å². The Morgan fingerprint density at radius 1 is 1.13 bits per heavy atom. The maximum absolute atomic E-state index is 12.7. The number of nitrogens with one attached hydrogen (secondary N) is 3. The zero-order chi connectivity index (χ0) is 22.5. The van der Waals surface area contributed by atoms with Crippen LogP contribution in [0.5, 0.6) is 0 Å². The Hall–Kier alpha value is -3.83. The molecule has 0 spiro atoms. The molecule has 4 amide bonds. The van der Waals surface area contributed by atoms with E-state index in [1.165, 1.54) is 16.2 Å². The van der Waals surface area contributed by atoms with E-state index in [1.54, 1.807) is 25.2 Å². The van der Waals surface area contributed by atoms with Gasteiger partial charge in [0.05, 0.1) is 11.0 Å². The second kappa shape index (κ2) is 9.32. The van der Waals surface area contributed by atoms with Crippen LogP contribution in [0.2, 0.25) is 0 Å². The van der Waals surface area contributed by atoms with E-state index in [0.717, 1.165) is 0 Å². The number of imide groups is 1. The van der Waals surface area contributed by atoms with Crippen LogP contribution in [0.4, 0.5) is 9.59 Å². The molecule has 1 saturated heterocycles. The molecule has 0 saturated carbocycles. The molecule has 2 aromatic rings. The number of ether oxygens (including phenoxy) is 2. The van der Waals surface area contributed by atoms with Gasteiger partial charge >= 0.3 is 17.9 Å². The predicted molar refractivity (Wildman–Crippen MR) is 107 cm³/mol. The van der Waals surface area contributed by atoms with Crippen LogP contribution in [0.25, 0.3) is 11.0 Å². The van der Waals surface area contributed by atoms with Gasteiger partial charge in [-0.25, -0.2) is 14.4 Å². The highest BCUT2D eigenvalue weighted by atomic mass is 16.6. The number of benzene rings is 1. The summed E-state index contributed by atoms with van der Waals surface area (Å²) < 4.78 is 12.4. The van der Waals surface area contributed by atoms with Crippen molar-refractivity contribution < 1.29 is 28.7 Å². The van der Waals surface area contributed by atoms with Gasteiger partial charge in [0.15, 0.2) is 0 Å².